The molecule has 0 unspecified atom stereocenters. The quantitative estimate of drug-likeness (QED) is 0.876. The summed E-state index contributed by atoms with van der Waals surface area (Å²) >= 11 is 0. The second kappa shape index (κ2) is 6.29. The van der Waals surface area contributed by atoms with Gasteiger partial charge in [-0.25, -0.2) is 0 Å². The number of benzene rings is 1. The third kappa shape index (κ3) is 3.63. The SMILES string of the molecule is COc1c(C)cc(C)cc1NCC1CCC(O)CC1. The number of hydrogen-bond acceptors (Lipinski definition) is 3. The number of rotatable bonds is 4. The van der Waals surface area contributed by atoms with Gasteiger partial charge in [0.25, 0.3) is 0 Å². The second-order valence-electron chi connectivity index (χ2n) is 5.72. The van der Waals surface area contributed by atoms with Crippen molar-refractivity contribution in [2.45, 2.75) is 45.6 Å². The number of aryl methyl sites for hydroxylation is 2. The number of aliphatic hydroxyl groups excluding tert-OH is 1. The summed E-state index contributed by atoms with van der Waals surface area (Å²) in [6, 6.07) is 4.28. The first-order chi connectivity index (χ1) is 9.10. The van der Waals surface area contributed by atoms with E-state index in [0.717, 1.165) is 43.7 Å². The normalized spacial score (nSPS) is 23.2. The van der Waals surface area contributed by atoms with E-state index in [9.17, 15) is 5.11 Å². The van der Waals surface area contributed by atoms with Crippen LogP contribution < -0.4 is 10.1 Å². The lowest BCUT2D eigenvalue weighted by molar-refractivity contribution is 0.111. The van der Waals surface area contributed by atoms with Gasteiger partial charge in [0, 0.05) is 6.54 Å². The first-order valence-electron chi connectivity index (χ1n) is 7.17. The summed E-state index contributed by atoms with van der Waals surface area (Å²) in [4.78, 5) is 0. The van der Waals surface area contributed by atoms with Crippen LogP contribution >= 0.6 is 0 Å². The van der Waals surface area contributed by atoms with E-state index in [1.54, 1.807) is 7.11 Å². The number of ether oxygens (including phenoxy) is 1. The van der Waals surface area contributed by atoms with Crippen LogP contribution in [0, 0.1) is 19.8 Å². The van der Waals surface area contributed by atoms with Gasteiger partial charge in [-0.05, 0) is 62.6 Å². The largest absolute Gasteiger partial charge is 0.494 e. The van der Waals surface area contributed by atoms with Crippen molar-refractivity contribution >= 4 is 5.69 Å². The average Bonchev–Trinajstić information content (AvgIpc) is 2.37. The van der Waals surface area contributed by atoms with Crippen molar-refractivity contribution in [1.29, 1.82) is 0 Å². The Balaban J connectivity index is 1.99. The first-order valence-corrected chi connectivity index (χ1v) is 7.17. The van der Waals surface area contributed by atoms with Crippen LogP contribution in [-0.2, 0) is 0 Å². The fourth-order valence-corrected chi connectivity index (χ4v) is 2.96. The summed E-state index contributed by atoms with van der Waals surface area (Å²) in [5, 5.41) is 13.1. The van der Waals surface area contributed by atoms with Crippen LogP contribution in [0.4, 0.5) is 5.69 Å². The predicted molar refractivity (Wildman–Crippen MR) is 78.9 cm³/mol. The summed E-state index contributed by atoms with van der Waals surface area (Å²) in [7, 11) is 1.72. The molecule has 1 fully saturated rings. The van der Waals surface area contributed by atoms with Gasteiger partial charge in [-0.2, -0.15) is 0 Å². The van der Waals surface area contributed by atoms with E-state index in [4.69, 9.17) is 4.74 Å². The number of anilines is 1. The lowest BCUT2D eigenvalue weighted by Crippen LogP contribution is -2.23. The summed E-state index contributed by atoms with van der Waals surface area (Å²) in [5.41, 5.74) is 3.51. The third-order valence-corrected chi connectivity index (χ3v) is 4.02. The molecule has 1 aliphatic carbocycles. The Labute approximate surface area is 116 Å². The van der Waals surface area contributed by atoms with E-state index in [0.29, 0.717) is 5.92 Å². The highest BCUT2D eigenvalue weighted by molar-refractivity contribution is 5.61. The summed E-state index contributed by atoms with van der Waals surface area (Å²) in [6.45, 7) is 5.15. The van der Waals surface area contributed by atoms with Crippen molar-refractivity contribution in [3.8, 4) is 5.75 Å². The highest BCUT2D eigenvalue weighted by Crippen LogP contribution is 2.31. The summed E-state index contributed by atoms with van der Waals surface area (Å²) < 4.78 is 5.49. The molecule has 1 aromatic rings. The molecule has 19 heavy (non-hydrogen) atoms. The second-order valence-corrected chi connectivity index (χ2v) is 5.72. The monoisotopic (exact) mass is 263 g/mol. The fraction of sp³-hybridized carbons (Fsp3) is 0.625. The standard InChI is InChI=1S/C16H25NO2/c1-11-8-12(2)16(19-3)15(9-11)17-10-13-4-6-14(18)7-5-13/h8-9,13-14,17-18H,4-7,10H2,1-3H3. The molecular formula is C16H25NO2. The van der Waals surface area contributed by atoms with Gasteiger partial charge < -0.3 is 15.2 Å². The molecule has 1 aliphatic rings. The maximum absolute atomic E-state index is 9.53. The Morgan fingerprint density at radius 1 is 1.21 bits per heavy atom. The molecule has 0 bridgehead atoms. The van der Waals surface area contributed by atoms with Gasteiger partial charge in [-0.3, -0.25) is 0 Å². The molecule has 0 saturated heterocycles. The van der Waals surface area contributed by atoms with Gasteiger partial charge in [-0.1, -0.05) is 6.07 Å². The molecule has 1 aromatic carbocycles. The molecule has 2 N–H and O–H groups in total. The Hall–Kier alpha value is -1.22. The van der Waals surface area contributed by atoms with Crippen LogP contribution in [0.25, 0.3) is 0 Å². The van der Waals surface area contributed by atoms with Crippen LogP contribution in [0.15, 0.2) is 12.1 Å². The third-order valence-electron chi connectivity index (χ3n) is 4.02. The molecule has 106 valence electrons. The molecule has 0 heterocycles. The fourth-order valence-electron chi connectivity index (χ4n) is 2.96. The number of methoxy groups -OCH3 is 1. The molecule has 0 aliphatic heterocycles. The predicted octanol–water partition coefficient (Wildman–Crippen LogP) is 3.28. The Morgan fingerprint density at radius 3 is 2.53 bits per heavy atom. The Morgan fingerprint density at radius 2 is 1.89 bits per heavy atom. The topological polar surface area (TPSA) is 41.5 Å². The van der Waals surface area contributed by atoms with Gasteiger partial charge in [0.2, 0.25) is 0 Å². The maximum Gasteiger partial charge on any atom is 0.144 e. The van der Waals surface area contributed by atoms with Gasteiger partial charge in [0.05, 0.1) is 18.9 Å². The van der Waals surface area contributed by atoms with Gasteiger partial charge in [0.15, 0.2) is 0 Å². The number of aliphatic hydroxyl groups is 1. The van der Waals surface area contributed by atoms with Crippen molar-refractivity contribution in [2.75, 3.05) is 19.0 Å². The van der Waals surface area contributed by atoms with E-state index in [-0.39, 0.29) is 6.10 Å². The lowest BCUT2D eigenvalue weighted by atomic mass is 9.87. The van der Waals surface area contributed by atoms with Crippen molar-refractivity contribution in [2.24, 2.45) is 5.92 Å². The zero-order valence-electron chi connectivity index (χ0n) is 12.2. The van der Waals surface area contributed by atoms with E-state index in [1.165, 1.54) is 11.1 Å². The van der Waals surface area contributed by atoms with Gasteiger partial charge in [0.1, 0.15) is 5.75 Å². The maximum atomic E-state index is 9.53. The molecule has 0 spiro atoms. The number of hydrogen-bond donors (Lipinski definition) is 2. The zero-order chi connectivity index (χ0) is 13.8. The van der Waals surface area contributed by atoms with Crippen LogP contribution in [0.2, 0.25) is 0 Å². The van der Waals surface area contributed by atoms with Gasteiger partial charge in [-0.15, -0.1) is 0 Å². The van der Waals surface area contributed by atoms with Gasteiger partial charge >= 0.3 is 0 Å². The van der Waals surface area contributed by atoms with Crippen molar-refractivity contribution in [1.82, 2.24) is 0 Å². The molecule has 1 saturated carbocycles. The van der Waals surface area contributed by atoms with Crippen molar-refractivity contribution in [3.63, 3.8) is 0 Å². The Kier molecular flexibility index (Phi) is 4.70. The molecule has 0 radical (unpaired) electrons. The molecule has 3 heteroatoms. The Bertz CT molecular complexity index is 423. The molecule has 0 atom stereocenters. The average molecular weight is 263 g/mol. The first kappa shape index (κ1) is 14.2. The minimum absolute atomic E-state index is 0.0769. The van der Waals surface area contributed by atoms with Crippen LogP contribution in [0.1, 0.15) is 36.8 Å². The summed E-state index contributed by atoms with van der Waals surface area (Å²) in [6.07, 6.45) is 4.03. The zero-order valence-corrected chi connectivity index (χ0v) is 12.2. The molecule has 0 aromatic heterocycles. The molecular weight excluding hydrogens is 238 g/mol. The highest BCUT2D eigenvalue weighted by Gasteiger charge is 2.19. The minimum Gasteiger partial charge on any atom is -0.494 e. The summed E-state index contributed by atoms with van der Waals surface area (Å²) in [5.74, 6) is 1.61. The van der Waals surface area contributed by atoms with Crippen LogP contribution in [-0.4, -0.2) is 24.9 Å². The number of nitrogens with one attached hydrogen (secondary N) is 1. The van der Waals surface area contributed by atoms with Crippen LogP contribution in [0.5, 0.6) is 5.75 Å². The highest BCUT2D eigenvalue weighted by atomic mass is 16.5. The smallest absolute Gasteiger partial charge is 0.144 e. The molecule has 0 amide bonds. The van der Waals surface area contributed by atoms with E-state index in [2.05, 4.69) is 31.3 Å². The molecule has 3 nitrogen and oxygen atoms in total. The minimum atomic E-state index is -0.0769. The lowest BCUT2D eigenvalue weighted by Gasteiger charge is -2.26. The van der Waals surface area contributed by atoms with Crippen molar-refractivity contribution < 1.29 is 9.84 Å². The van der Waals surface area contributed by atoms with E-state index >= 15 is 0 Å². The molecule has 2 rings (SSSR count). The van der Waals surface area contributed by atoms with Crippen LogP contribution in [0.3, 0.4) is 0 Å². The van der Waals surface area contributed by atoms with E-state index < -0.39 is 0 Å². The van der Waals surface area contributed by atoms with E-state index in [1.807, 2.05) is 0 Å². The van der Waals surface area contributed by atoms with Crippen molar-refractivity contribution in [3.05, 3.63) is 23.3 Å².